The van der Waals surface area contributed by atoms with Gasteiger partial charge in [-0.25, -0.2) is 21.6 Å². The summed E-state index contributed by atoms with van der Waals surface area (Å²) in [5.41, 5.74) is 0.969. The lowest BCUT2D eigenvalue weighted by molar-refractivity contribution is 0.0285. The maximum absolute atomic E-state index is 14.8. The summed E-state index contributed by atoms with van der Waals surface area (Å²) in [6, 6.07) is 14.3. The minimum atomic E-state index is -4.06. The van der Waals surface area contributed by atoms with Crippen LogP contribution in [0.1, 0.15) is 44.7 Å². The van der Waals surface area contributed by atoms with Gasteiger partial charge in [-0.1, -0.05) is 36.4 Å². The molecule has 3 aromatic rings. The van der Waals surface area contributed by atoms with Crippen LogP contribution in [-0.2, 0) is 21.3 Å². The molecule has 2 aromatic carbocycles. The zero-order chi connectivity index (χ0) is 26.1. The molecule has 0 unspecified atom stereocenters. The molecule has 0 saturated heterocycles. The van der Waals surface area contributed by atoms with Gasteiger partial charge in [0.25, 0.3) is 10.0 Å². The van der Waals surface area contributed by atoms with Gasteiger partial charge in [-0.15, -0.1) is 0 Å². The topological polar surface area (TPSA) is 68.6 Å². The molecule has 1 aliphatic carbocycles. The Morgan fingerprint density at radius 1 is 1.14 bits per heavy atom. The van der Waals surface area contributed by atoms with Crippen LogP contribution in [0.4, 0.5) is 9.18 Å². The van der Waals surface area contributed by atoms with Crippen molar-refractivity contribution >= 4 is 22.2 Å². The Hall–Kier alpha value is -3.39. The lowest BCUT2D eigenvalue weighted by atomic mass is 10.1. The Bertz CT molecular complexity index is 1400. The van der Waals surface area contributed by atoms with Crippen LogP contribution in [0.15, 0.2) is 71.8 Å². The highest BCUT2D eigenvalue weighted by atomic mass is 32.2. The second kappa shape index (κ2) is 9.93. The van der Waals surface area contributed by atoms with Crippen LogP contribution in [-0.4, -0.2) is 36.0 Å². The molecule has 1 saturated carbocycles. The third-order valence-electron chi connectivity index (χ3n) is 5.72. The lowest BCUT2D eigenvalue weighted by Crippen LogP contribution is -2.33. The average molecular weight is 511 g/mol. The second-order valence-corrected chi connectivity index (χ2v) is 11.9. The van der Waals surface area contributed by atoms with E-state index in [1.165, 1.54) is 29.3 Å². The van der Waals surface area contributed by atoms with Gasteiger partial charge < -0.3 is 9.64 Å². The van der Waals surface area contributed by atoms with Crippen molar-refractivity contribution in [3.63, 3.8) is 0 Å². The number of nitrogens with zero attached hydrogens (tertiary/aromatic N) is 2. The molecule has 1 fully saturated rings. The van der Waals surface area contributed by atoms with Crippen LogP contribution in [0.2, 0.25) is 0 Å². The summed E-state index contributed by atoms with van der Waals surface area (Å²) in [4.78, 5) is 13.9. The number of carbonyl (C=O) groups excluding carboxylic acids is 1. The second-order valence-electron chi connectivity index (χ2n) is 10.1. The summed E-state index contributed by atoms with van der Waals surface area (Å²) in [6.07, 6.45) is 7.24. The quantitative estimate of drug-likeness (QED) is 0.373. The van der Waals surface area contributed by atoms with Gasteiger partial charge in [0.05, 0.1) is 17.1 Å². The molecule has 0 aliphatic heterocycles. The van der Waals surface area contributed by atoms with Crippen molar-refractivity contribution in [2.24, 2.45) is 5.92 Å². The first kappa shape index (κ1) is 25.7. The Labute approximate surface area is 212 Å². The number of hydrogen-bond donors (Lipinski definition) is 0. The van der Waals surface area contributed by atoms with Gasteiger partial charge >= 0.3 is 6.09 Å². The van der Waals surface area contributed by atoms with Crippen molar-refractivity contribution in [2.75, 3.05) is 7.05 Å². The number of halogens is 1. The number of carbonyl (C=O) groups is 1. The summed E-state index contributed by atoms with van der Waals surface area (Å²) >= 11 is 0. The maximum atomic E-state index is 14.8. The van der Waals surface area contributed by atoms with E-state index in [0.29, 0.717) is 11.5 Å². The molecular formula is C28H31FN2O4S. The van der Waals surface area contributed by atoms with Crippen LogP contribution >= 0.6 is 0 Å². The largest absolute Gasteiger partial charge is 0.444 e. The van der Waals surface area contributed by atoms with Crippen LogP contribution in [0.25, 0.3) is 17.3 Å². The molecule has 0 spiro atoms. The smallest absolute Gasteiger partial charge is 0.410 e. The fourth-order valence-corrected chi connectivity index (χ4v) is 5.20. The van der Waals surface area contributed by atoms with E-state index in [1.807, 2.05) is 12.1 Å². The van der Waals surface area contributed by atoms with Gasteiger partial charge in [0.15, 0.2) is 0 Å². The minimum Gasteiger partial charge on any atom is -0.444 e. The molecule has 0 atom stereocenters. The summed E-state index contributed by atoms with van der Waals surface area (Å²) in [6.45, 7) is 5.40. The zero-order valence-corrected chi connectivity index (χ0v) is 21.8. The molecule has 0 N–H and O–H groups in total. The van der Waals surface area contributed by atoms with Gasteiger partial charge in [-0.2, -0.15) is 0 Å². The molecule has 4 rings (SSSR count). The average Bonchev–Trinajstić information content (AvgIpc) is 3.55. The molecule has 36 heavy (non-hydrogen) atoms. The molecule has 1 aromatic heterocycles. The van der Waals surface area contributed by atoms with Crippen molar-refractivity contribution in [2.45, 2.75) is 50.7 Å². The third-order valence-corrected chi connectivity index (χ3v) is 7.38. The number of hydrogen-bond acceptors (Lipinski definition) is 4. The van der Waals surface area contributed by atoms with Gasteiger partial charge in [0, 0.05) is 18.8 Å². The van der Waals surface area contributed by atoms with E-state index in [0.717, 1.165) is 22.4 Å². The molecular weight excluding hydrogens is 479 g/mol. The Balaban J connectivity index is 1.73. The van der Waals surface area contributed by atoms with Crippen LogP contribution in [0.5, 0.6) is 0 Å². The molecule has 1 heterocycles. The Morgan fingerprint density at radius 3 is 2.53 bits per heavy atom. The first-order valence-corrected chi connectivity index (χ1v) is 13.3. The number of ether oxygens (including phenoxy) is 1. The van der Waals surface area contributed by atoms with Crippen molar-refractivity contribution in [1.29, 1.82) is 0 Å². The van der Waals surface area contributed by atoms with Gasteiger partial charge in [-0.3, -0.25) is 0 Å². The maximum Gasteiger partial charge on any atom is 0.410 e. The number of aromatic nitrogens is 1. The number of benzene rings is 2. The zero-order valence-electron chi connectivity index (χ0n) is 20.9. The van der Waals surface area contributed by atoms with Crippen LogP contribution in [0.3, 0.4) is 0 Å². The molecule has 0 bridgehead atoms. The van der Waals surface area contributed by atoms with E-state index < -0.39 is 27.5 Å². The minimum absolute atomic E-state index is 0.0864. The predicted molar refractivity (Wildman–Crippen MR) is 138 cm³/mol. The summed E-state index contributed by atoms with van der Waals surface area (Å²) < 4.78 is 48.8. The molecule has 190 valence electrons. The van der Waals surface area contributed by atoms with Gasteiger partial charge in [0.1, 0.15) is 11.4 Å². The van der Waals surface area contributed by atoms with E-state index in [-0.39, 0.29) is 22.7 Å². The van der Waals surface area contributed by atoms with Gasteiger partial charge in [0.2, 0.25) is 0 Å². The van der Waals surface area contributed by atoms with Crippen molar-refractivity contribution in [1.82, 2.24) is 8.87 Å². The SMILES string of the molecule is CN(Cc1cc(-c2ccccc2F)n(S(=O)(=O)c2cccc(/C=C/C3CC3)c2)c1)C(=O)OC(C)(C)C. The summed E-state index contributed by atoms with van der Waals surface area (Å²) in [5, 5.41) is 0. The Kier molecular flexibility index (Phi) is 7.09. The number of allylic oxidation sites excluding steroid dienone is 1. The monoisotopic (exact) mass is 510 g/mol. The summed E-state index contributed by atoms with van der Waals surface area (Å²) in [5.74, 6) is 0.0205. The van der Waals surface area contributed by atoms with E-state index in [2.05, 4.69) is 6.08 Å². The number of amides is 1. The van der Waals surface area contributed by atoms with Gasteiger partial charge in [-0.05, 0) is 81.0 Å². The third kappa shape index (κ3) is 6.05. The standard InChI is InChI=1S/C28H31FN2O4S/c1-28(2,3)35-27(32)30(4)18-22-17-26(24-10-5-6-11-25(24)29)31(19-22)36(33,34)23-9-7-8-21(16-23)15-14-20-12-13-20/h5-11,14-17,19-20H,12-13,18H2,1-4H3/b15-14+. The van der Waals surface area contributed by atoms with E-state index in [4.69, 9.17) is 4.74 Å². The highest BCUT2D eigenvalue weighted by Crippen LogP contribution is 2.32. The van der Waals surface area contributed by atoms with E-state index in [1.54, 1.807) is 58.2 Å². The summed E-state index contributed by atoms with van der Waals surface area (Å²) in [7, 11) is -2.49. The van der Waals surface area contributed by atoms with Crippen LogP contribution in [0, 0.1) is 11.7 Å². The molecule has 0 radical (unpaired) electrons. The fourth-order valence-electron chi connectivity index (χ4n) is 3.75. The number of rotatable bonds is 7. The Morgan fingerprint density at radius 2 is 1.86 bits per heavy atom. The van der Waals surface area contributed by atoms with E-state index >= 15 is 0 Å². The van der Waals surface area contributed by atoms with Crippen molar-refractivity contribution in [3.8, 4) is 11.3 Å². The van der Waals surface area contributed by atoms with E-state index in [9.17, 15) is 17.6 Å². The molecule has 8 heteroatoms. The fraction of sp³-hybridized carbons (Fsp3) is 0.321. The van der Waals surface area contributed by atoms with Crippen LogP contribution < -0.4 is 0 Å². The first-order chi connectivity index (χ1) is 16.9. The van der Waals surface area contributed by atoms with Crippen molar-refractivity contribution in [3.05, 3.63) is 83.8 Å². The first-order valence-electron chi connectivity index (χ1n) is 11.9. The molecule has 1 aliphatic rings. The normalized spacial score (nSPS) is 14.2. The highest BCUT2D eigenvalue weighted by molar-refractivity contribution is 7.90. The molecule has 6 nitrogen and oxygen atoms in total. The highest BCUT2D eigenvalue weighted by Gasteiger charge is 2.25. The molecule has 1 amide bonds. The lowest BCUT2D eigenvalue weighted by Gasteiger charge is -2.24. The van der Waals surface area contributed by atoms with Crippen molar-refractivity contribution < 1.29 is 22.3 Å². The predicted octanol–water partition coefficient (Wildman–Crippen LogP) is 6.32.